The minimum atomic E-state index is -0.939. The van der Waals surface area contributed by atoms with Crippen LogP contribution in [0.3, 0.4) is 0 Å². The van der Waals surface area contributed by atoms with E-state index in [2.05, 4.69) is 10.3 Å². The Kier molecular flexibility index (Phi) is 3.77. The largest absolute Gasteiger partial charge is 0.369 e. The van der Waals surface area contributed by atoms with Crippen LogP contribution in [0, 0.1) is 24.0 Å². The van der Waals surface area contributed by atoms with Gasteiger partial charge in [-0.3, -0.25) is 10.1 Å². The molecule has 0 aliphatic rings. The number of hydrogen-bond donors (Lipinski definition) is 2. The predicted octanol–water partition coefficient (Wildman–Crippen LogP) is 2.77. The topological polar surface area (TPSA) is 88.3 Å². The summed E-state index contributed by atoms with van der Waals surface area (Å²) in [4.78, 5) is 13.9. The first-order chi connectivity index (χ1) is 8.97. The molecule has 100 valence electrons. The molecule has 7 heteroatoms. The van der Waals surface area contributed by atoms with Crippen LogP contribution >= 0.6 is 11.3 Å². The van der Waals surface area contributed by atoms with Crippen molar-refractivity contribution in [2.45, 2.75) is 20.1 Å². The Labute approximate surface area is 113 Å². The number of nitro groups is 1. The quantitative estimate of drug-likeness (QED) is 0.510. The van der Waals surface area contributed by atoms with Crippen LogP contribution in [0.15, 0.2) is 24.4 Å². The van der Waals surface area contributed by atoms with Gasteiger partial charge in [-0.25, -0.2) is 4.98 Å². The van der Waals surface area contributed by atoms with E-state index in [-0.39, 0.29) is 5.00 Å². The molecule has 2 N–H and O–H groups in total. The summed E-state index contributed by atoms with van der Waals surface area (Å²) in [5, 5.41) is 23.6. The maximum absolute atomic E-state index is 10.5. The molecule has 0 spiro atoms. The van der Waals surface area contributed by atoms with Crippen molar-refractivity contribution in [3.63, 3.8) is 0 Å². The van der Waals surface area contributed by atoms with Gasteiger partial charge in [0.1, 0.15) is 6.20 Å². The number of benzene rings is 1. The molecular formula is C12H13N3O3S. The minimum absolute atomic E-state index is 0.0599. The molecule has 0 aliphatic carbocycles. The Morgan fingerprint density at radius 1 is 1.47 bits per heavy atom. The number of aryl methyl sites for hydroxylation is 2. The van der Waals surface area contributed by atoms with E-state index in [9.17, 15) is 15.2 Å². The van der Waals surface area contributed by atoms with Gasteiger partial charge in [0.2, 0.25) is 0 Å². The van der Waals surface area contributed by atoms with Crippen molar-refractivity contribution < 1.29 is 10.0 Å². The number of aliphatic hydroxyl groups is 1. The van der Waals surface area contributed by atoms with Crippen LogP contribution in [0.5, 0.6) is 0 Å². The highest BCUT2D eigenvalue weighted by molar-refractivity contribution is 7.18. The van der Waals surface area contributed by atoms with Crippen LogP contribution in [0.25, 0.3) is 0 Å². The van der Waals surface area contributed by atoms with Gasteiger partial charge >= 0.3 is 5.00 Å². The molecule has 1 heterocycles. The first kappa shape index (κ1) is 13.4. The average Bonchev–Trinajstić information content (AvgIpc) is 2.77. The molecule has 0 saturated carbocycles. The van der Waals surface area contributed by atoms with Gasteiger partial charge in [0, 0.05) is 5.56 Å². The lowest BCUT2D eigenvalue weighted by Gasteiger charge is -2.14. The molecule has 2 aromatic rings. The summed E-state index contributed by atoms with van der Waals surface area (Å²) in [7, 11) is 0. The molecule has 1 aromatic heterocycles. The predicted molar refractivity (Wildman–Crippen MR) is 73.3 cm³/mol. The normalized spacial score (nSPS) is 12.2. The number of hydrogen-bond acceptors (Lipinski definition) is 6. The third kappa shape index (κ3) is 3.07. The summed E-state index contributed by atoms with van der Waals surface area (Å²) < 4.78 is 0. The smallest absolute Gasteiger partial charge is 0.345 e. The van der Waals surface area contributed by atoms with Crippen LogP contribution in [-0.4, -0.2) is 15.0 Å². The zero-order valence-electron chi connectivity index (χ0n) is 10.5. The number of aromatic nitrogens is 1. The van der Waals surface area contributed by atoms with Crippen molar-refractivity contribution >= 4 is 21.5 Å². The van der Waals surface area contributed by atoms with E-state index in [1.807, 2.05) is 32.0 Å². The van der Waals surface area contributed by atoms with Crippen LogP contribution in [0.1, 0.15) is 22.9 Å². The van der Waals surface area contributed by atoms with E-state index in [0.717, 1.165) is 28.0 Å². The number of aliphatic hydroxyl groups excluding tert-OH is 1. The van der Waals surface area contributed by atoms with E-state index in [0.29, 0.717) is 5.13 Å². The highest BCUT2D eigenvalue weighted by atomic mass is 32.1. The maximum Gasteiger partial charge on any atom is 0.345 e. The summed E-state index contributed by atoms with van der Waals surface area (Å²) >= 11 is 0.892. The van der Waals surface area contributed by atoms with E-state index >= 15 is 0 Å². The molecule has 0 fully saturated rings. The summed E-state index contributed by atoms with van der Waals surface area (Å²) in [5.74, 6) is 0. The first-order valence-electron chi connectivity index (χ1n) is 5.59. The molecule has 0 radical (unpaired) electrons. The van der Waals surface area contributed by atoms with E-state index < -0.39 is 11.2 Å². The van der Waals surface area contributed by atoms with Gasteiger partial charge < -0.3 is 10.4 Å². The van der Waals surface area contributed by atoms with Gasteiger partial charge in [0.25, 0.3) is 0 Å². The number of thiazole rings is 1. The van der Waals surface area contributed by atoms with Gasteiger partial charge in [0.05, 0.1) is 4.92 Å². The Bertz CT molecular complexity index is 612. The minimum Gasteiger partial charge on any atom is -0.369 e. The summed E-state index contributed by atoms with van der Waals surface area (Å²) in [6, 6.07) is 5.69. The second kappa shape index (κ2) is 5.33. The molecule has 0 aliphatic heterocycles. The Balaban J connectivity index is 2.15. The van der Waals surface area contributed by atoms with Crippen molar-refractivity contribution in [3.05, 3.63) is 51.2 Å². The van der Waals surface area contributed by atoms with Crippen molar-refractivity contribution in [2.75, 3.05) is 5.32 Å². The lowest BCUT2D eigenvalue weighted by molar-refractivity contribution is -0.380. The standard InChI is InChI=1S/C12H13N3O3S/c1-7-3-4-9(8(2)5-7)11(16)14-12-13-6-10(19-12)15(17)18/h3-6,11,16H,1-2H3,(H,13,14). The molecular weight excluding hydrogens is 266 g/mol. The van der Waals surface area contributed by atoms with Crippen molar-refractivity contribution in [1.82, 2.24) is 4.98 Å². The second-order valence-electron chi connectivity index (χ2n) is 4.17. The maximum atomic E-state index is 10.5. The Hall–Kier alpha value is -1.99. The van der Waals surface area contributed by atoms with Gasteiger partial charge in [-0.2, -0.15) is 0 Å². The number of rotatable bonds is 4. The highest BCUT2D eigenvalue weighted by Crippen LogP contribution is 2.28. The fraction of sp³-hybridized carbons (Fsp3) is 0.250. The zero-order chi connectivity index (χ0) is 14.0. The fourth-order valence-electron chi connectivity index (χ4n) is 1.74. The van der Waals surface area contributed by atoms with Gasteiger partial charge in [-0.05, 0) is 30.7 Å². The molecule has 1 aromatic carbocycles. The first-order valence-corrected chi connectivity index (χ1v) is 6.41. The lowest BCUT2D eigenvalue weighted by Crippen LogP contribution is -2.10. The number of anilines is 1. The fourth-order valence-corrected chi connectivity index (χ4v) is 2.40. The Morgan fingerprint density at radius 2 is 2.21 bits per heavy atom. The van der Waals surface area contributed by atoms with Crippen LogP contribution in [0.2, 0.25) is 0 Å². The Morgan fingerprint density at radius 3 is 2.79 bits per heavy atom. The molecule has 1 atom stereocenters. The number of nitrogens with zero attached hydrogens (tertiary/aromatic N) is 2. The van der Waals surface area contributed by atoms with Crippen LogP contribution in [0.4, 0.5) is 10.1 Å². The molecule has 1 unspecified atom stereocenters. The molecule has 0 saturated heterocycles. The van der Waals surface area contributed by atoms with Crippen molar-refractivity contribution in [2.24, 2.45) is 0 Å². The van der Waals surface area contributed by atoms with E-state index in [1.165, 1.54) is 6.20 Å². The SMILES string of the molecule is Cc1ccc(C(O)Nc2ncc([N+](=O)[O-])s2)c(C)c1. The van der Waals surface area contributed by atoms with Gasteiger partial charge in [0.15, 0.2) is 11.4 Å². The van der Waals surface area contributed by atoms with Crippen LogP contribution < -0.4 is 5.32 Å². The van der Waals surface area contributed by atoms with E-state index in [1.54, 1.807) is 0 Å². The highest BCUT2D eigenvalue weighted by Gasteiger charge is 2.15. The summed E-state index contributed by atoms with van der Waals surface area (Å²) in [6.45, 7) is 3.87. The third-order valence-electron chi connectivity index (χ3n) is 2.65. The second-order valence-corrected chi connectivity index (χ2v) is 5.18. The van der Waals surface area contributed by atoms with Gasteiger partial charge in [-0.15, -0.1) is 0 Å². The summed E-state index contributed by atoms with van der Waals surface area (Å²) in [5.41, 5.74) is 2.79. The van der Waals surface area contributed by atoms with E-state index in [4.69, 9.17) is 0 Å². The van der Waals surface area contributed by atoms with Crippen LogP contribution in [-0.2, 0) is 0 Å². The monoisotopic (exact) mass is 279 g/mol. The summed E-state index contributed by atoms with van der Waals surface area (Å²) in [6.07, 6.45) is 0.230. The molecule has 2 rings (SSSR count). The molecule has 0 amide bonds. The molecule has 0 bridgehead atoms. The number of nitrogens with one attached hydrogen (secondary N) is 1. The zero-order valence-corrected chi connectivity index (χ0v) is 11.3. The molecule has 19 heavy (non-hydrogen) atoms. The molecule has 6 nitrogen and oxygen atoms in total. The average molecular weight is 279 g/mol. The lowest BCUT2D eigenvalue weighted by atomic mass is 10.0. The van der Waals surface area contributed by atoms with Gasteiger partial charge in [-0.1, -0.05) is 23.8 Å². The van der Waals surface area contributed by atoms with Crippen molar-refractivity contribution in [1.29, 1.82) is 0 Å². The van der Waals surface area contributed by atoms with Crippen molar-refractivity contribution in [3.8, 4) is 0 Å². The third-order valence-corrected chi connectivity index (χ3v) is 3.53.